The Morgan fingerprint density at radius 1 is 1.10 bits per heavy atom. The van der Waals surface area contributed by atoms with E-state index >= 15 is 0 Å². The van der Waals surface area contributed by atoms with E-state index in [0.29, 0.717) is 22.7 Å². The Hall–Kier alpha value is -4.54. The van der Waals surface area contributed by atoms with Crippen LogP contribution in [0.4, 0.5) is 10.3 Å². The molecule has 0 saturated carbocycles. The third kappa shape index (κ3) is 5.38. The van der Waals surface area contributed by atoms with Gasteiger partial charge < -0.3 is 14.6 Å². The number of aryl methyl sites for hydroxylation is 1. The molecule has 0 saturated heterocycles. The maximum Gasteiger partial charge on any atom is 0.243 e. The van der Waals surface area contributed by atoms with Crippen molar-refractivity contribution in [3.05, 3.63) is 77.4 Å². The number of methoxy groups -OCH3 is 2. The van der Waals surface area contributed by atoms with E-state index < -0.39 is 27.2 Å². The fraction of sp³-hybridized carbons (Fsp3) is 0.231. The summed E-state index contributed by atoms with van der Waals surface area (Å²) >= 11 is 0. The van der Waals surface area contributed by atoms with Crippen molar-refractivity contribution in [3.63, 3.8) is 0 Å². The molecule has 39 heavy (non-hydrogen) atoms. The molecule has 0 aliphatic heterocycles. The first kappa shape index (κ1) is 27.5. The normalized spacial score (nSPS) is 12.8. The third-order valence-corrected chi connectivity index (χ3v) is 7.74. The van der Waals surface area contributed by atoms with Crippen molar-refractivity contribution in [2.75, 3.05) is 18.9 Å². The Morgan fingerprint density at radius 2 is 1.79 bits per heavy atom. The van der Waals surface area contributed by atoms with Crippen molar-refractivity contribution < 1.29 is 27.4 Å². The molecule has 2 aromatic carbocycles. The van der Waals surface area contributed by atoms with Crippen LogP contribution in [0, 0.1) is 24.1 Å². The minimum absolute atomic E-state index is 0.0362. The first-order chi connectivity index (χ1) is 18.6. The van der Waals surface area contributed by atoms with Crippen molar-refractivity contribution >= 4 is 16.0 Å². The van der Waals surface area contributed by atoms with E-state index in [-0.39, 0.29) is 22.9 Å². The summed E-state index contributed by atoms with van der Waals surface area (Å²) in [5.41, 5.74) is 1.44. The van der Waals surface area contributed by atoms with Crippen LogP contribution in [0.3, 0.4) is 0 Å². The average molecular weight is 553 g/mol. The van der Waals surface area contributed by atoms with Crippen LogP contribution in [0.5, 0.6) is 11.5 Å². The molecule has 0 aliphatic carbocycles. The highest BCUT2D eigenvalue weighted by Crippen LogP contribution is 2.38. The number of aliphatic hydroxyl groups is 1. The van der Waals surface area contributed by atoms with Crippen LogP contribution in [0.1, 0.15) is 29.7 Å². The van der Waals surface area contributed by atoms with E-state index in [0.717, 1.165) is 11.6 Å². The number of anilines is 1. The largest absolute Gasteiger partial charge is 0.494 e. The topological polar surface area (TPSA) is 152 Å². The molecule has 13 heteroatoms. The maximum atomic E-state index is 14.6. The zero-order valence-electron chi connectivity index (χ0n) is 21.5. The molecule has 202 valence electrons. The molecule has 0 amide bonds. The van der Waals surface area contributed by atoms with Crippen LogP contribution in [0.2, 0.25) is 0 Å². The Labute approximate surface area is 224 Å². The molecule has 0 aliphatic rings. The average Bonchev–Trinajstić information content (AvgIpc) is 3.33. The monoisotopic (exact) mass is 552 g/mol. The smallest absolute Gasteiger partial charge is 0.243 e. The number of halogens is 1. The molecule has 2 heterocycles. The van der Waals surface area contributed by atoms with Crippen LogP contribution >= 0.6 is 0 Å². The van der Waals surface area contributed by atoms with Crippen molar-refractivity contribution in [2.24, 2.45) is 0 Å². The van der Waals surface area contributed by atoms with Gasteiger partial charge in [0, 0.05) is 23.5 Å². The number of pyridine rings is 1. The van der Waals surface area contributed by atoms with Gasteiger partial charge in [-0.3, -0.25) is 14.3 Å². The molecular weight excluding hydrogens is 527 g/mol. The first-order valence-electron chi connectivity index (χ1n) is 11.6. The quantitative estimate of drug-likeness (QED) is 0.318. The highest BCUT2D eigenvalue weighted by atomic mass is 32.2. The highest BCUT2D eigenvalue weighted by Gasteiger charge is 2.33. The number of ether oxygens (including phenoxy) is 2. The second kappa shape index (κ2) is 11.1. The lowest BCUT2D eigenvalue weighted by Crippen LogP contribution is -2.32. The number of rotatable bonds is 9. The number of aliphatic hydroxyl groups excluding tert-OH is 1. The van der Waals surface area contributed by atoms with Gasteiger partial charge in [-0.05, 0) is 49.7 Å². The van der Waals surface area contributed by atoms with Crippen LogP contribution in [0.25, 0.3) is 17.1 Å². The molecule has 0 unspecified atom stereocenters. The lowest BCUT2D eigenvalue weighted by Gasteiger charge is -2.22. The molecule has 0 radical (unpaired) electrons. The van der Waals surface area contributed by atoms with Crippen molar-refractivity contribution in [1.82, 2.24) is 19.7 Å². The lowest BCUT2D eigenvalue weighted by atomic mass is 10.0. The van der Waals surface area contributed by atoms with Gasteiger partial charge >= 0.3 is 0 Å². The number of benzene rings is 2. The second-order valence-corrected chi connectivity index (χ2v) is 10.6. The summed E-state index contributed by atoms with van der Waals surface area (Å²) < 4.78 is 56.3. The fourth-order valence-corrected chi connectivity index (χ4v) is 5.02. The third-order valence-electron chi connectivity index (χ3n) is 6.04. The Balaban J connectivity index is 1.83. The van der Waals surface area contributed by atoms with E-state index in [1.54, 1.807) is 42.7 Å². The van der Waals surface area contributed by atoms with Crippen LogP contribution < -0.4 is 14.2 Å². The molecule has 0 spiro atoms. The van der Waals surface area contributed by atoms with Gasteiger partial charge in [0.15, 0.2) is 5.82 Å². The molecule has 11 nitrogen and oxygen atoms in total. The molecule has 2 N–H and O–H groups in total. The predicted octanol–water partition coefficient (Wildman–Crippen LogP) is 3.53. The zero-order chi connectivity index (χ0) is 28.3. The van der Waals surface area contributed by atoms with Gasteiger partial charge in [0.25, 0.3) is 0 Å². The molecule has 2 atom stereocenters. The number of hydrogen-bond donors (Lipinski definition) is 2. The van der Waals surface area contributed by atoms with E-state index in [4.69, 9.17) is 14.7 Å². The molecule has 4 aromatic rings. The summed E-state index contributed by atoms with van der Waals surface area (Å²) in [6.45, 7) is 3.07. The molecule has 0 fully saturated rings. The van der Waals surface area contributed by atoms with Gasteiger partial charge in [-0.1, -0.05) is 12.1 Å². The molecule has 4 rings (SSSR count). The van der Waals surface area contributed by atoms with Crippen LogP contribution in [-0.2, 0) is 10.0 Å². The summed E-state index contributed by atoms with van der Waals surface area (Å²) in [7, 11) is -1.49. The number of nitrogens with zero attached hydrogens (tertiary/aromatic N) is 5. The van der Waals surface area contributed by atoms with Gasteiger partial charge in [0.1, 0.15) is 34.4 Å². The minimum atomic E-state index is -4.39. The van der Waals surface area contributed by atoms with E-state index in [1.165, 1.54) is 37.8 Å². The zero-order valence-corrected chi connectivity index (χ0v) is 22.3. The summed E-state index contributed by atoms with van der Waals surface area (Å²) in [5.74, 6) is -0.222. The van der Waals surface area contributed by atoms with E-state index in [9.17, 15) is 17.9 Å². The number of hydrogen-bond acceptors (Lipinski definition) is 9. The van der Waals surface area contributed by atoms with Gasteiger partial charge in [0.05, 0.1) is 25.9 Å². The number of aromatic nitrogens is 4. The second-order valence-electron chi connectivity index (χ2n) is 8.59. The summed E-state index contributed by atoms with van der Waals surface area (Å²) in [6.07, 6.45) is 1.45. The summed E-state index contributed by atoms with van der Waals surface area (Å²) in [6, 6.07) is 12.0. The lowest BCUT2D eigenvalue weighted by molar-refractivity contribution is 0.171. The van der Waals surface area contributed by atoms with Gasteiger partial charge in [-0.15, -0.1) is 10.2 Å². The number of nitrogens with one attached hydrogen (secondary N) is 1. The van der Waals surface area contributed by atoms with Crippen LogP contribution in [-0.4, -0.2) is 52.7 Å². The van der Waals surface area contributed by atoms with E-state index in [1.807, 2.05) is 6.92 Å². The predicted molar refractivity (Wildman–Crippen MR) is 141 cm³/mol. The number of nitriles is 1. The van der Waals surface area contributed by atoms with Crippen molar-refractivity contribution in [2.45, 2.75) is 25.2 Å². The Kier molecular flexibility index (Phi) is 7.80. The number of para-hydroxylation sites is 1. The molecule has 0 bridgehead atoms. The van der Waals surface area contributed by atoms with Gasteiger partial charge in [-0.2, -0.15) is 5.26 Å². The summed E-state index contributed by atoms with van der Waals surface area (Å²) in [4.78, 5) is 4.20. The minimum Gasteiger partial charge on any atom is -0.494 e. The van der Waals surface area contributed by atoms with Crippen molar-refractivity contribution in [1.29, 1.82) is 5.26 Å². The fourth-order valence-electron chi connectivity index (χ4n) is 3.96. The first-order valence-corrected chi connectivity index (χ1v) is 13.1. The summed E-state index contributed by atoms with van der Waals surface area (Å²) in [5, 5.41) is 26.5. The van der Waals surface area contributed by atoms with Gasteiger partial charge in [-0.25, -0.2) is 12.8 Å². The van der Waals surface area contributed by atoms with Crippen molar-refractivity contribution in [3.8, 4) is 34.6 Å². The van der Waals surface area contributed by atoms with E-state index in [2.05, 4.69) is 19.9 Å². The Bertz CT molecular complexity index is 1650. The molecular formula is C26H25FN6O5S. The standard InChI is InChI=1S/C26H25FN6O5S/c1-15-10-18(14-29-13-15)25-30-31-26(33(25)23-21(37-3)6-5-7-22(23)38-4)32-39(35,36)16(2)24(34)19-9-8-17(12-28)11-20(19)27/h5-11,13-14,16,24,34H,1-4H3,(H,31,32)/t16-,24-/m1/s1. The van der Waals surface area contributed by atoms with Gasteiger partial charge in [0.2, 0.25) is 16.0 Å². The Morgan fingerprint density at radius 3 is 2.38 bits per heavy atom. The highest BCUT2D eigenvalue weighted by molar-refractivity contribution is 7.93. The van der Waals surface area contributed by atoms with Crippen LogP contribution in [0.15, 0.2) is 54.9 Å². The SMILES string of the molecule is COc1cccc(OC)c1-n1c(NS(=O)(=O)[C@H](C)[C@@H](O)c2ccc(C#N)cc2F)nnc1-c1cncc(C)c1. The number of sulfonamides is 1. The molecule has 2 aromatic heterocycles. The maximum absolute atomic E-state index is 14.6.